The van der Waals surface area contributed by atoms with E-state index >= 15 is 0 Å². The minimum absolute atomic E-state index is 0.00738. The summed E-state index contributed by atoms with van der Waals surface area (Å²) in [7, 11) is 0. The molecule has 5 rings (SSSR count). The molecule has 1 atom stereocenters. The number of phenolic OH excluding ortho intramolecular Hbond substituents is 1. The summed E-state index contributed by atoms with van der Waals surface area (Å²) in [6.45, 7) is 8.59. The number of piperidine rings is 1. The first-order valence-corrected chi connectivity index (χ1v) is 12.9. The van der Waals surface area contributed by atoms with E-state index in [1.807, 2.05) is 0 Å². The molecule has 3 heterocycles. The minimum atomic E-state index is -0.717. The standard InChI is InChI=1S/C25H33F2N9O/c1-4-5-9-35-10-8-16(13-25(35,2)3)29-22-18(27)14-28-24(31-22)30-19-12-20(21(37)11-17(19)26)36-23(15-6-7-15)32-33-34-36/h11-12,14-16,37H,4-10,13H2,1-3H3,(H2,28,29,30,31). The van der Waals surface area contributed by atoms with Crippen molar-refractivity contribution in [3.05, 3.63) is 35.8 Å². The summed E-state index contributed by atoms with van der Waals surface area (Å²) in [6, 6.07) is 2.41. The lowest BCUT2D eigenvalue weighted by Crippen LogP contribution is -2.53. The molecular weight excluding hydrogens is 480 g/mol. The highest BCUT2D eigenvalue weighted by Crippen LogP contribution is 2.40. The number of nitrogens with one attached hydrogen (secondary N) is 2. The fourth-order valence-corrected chi connectivity index (χ4v) is 4.96. The predicted molar refractivity (Wildman–Crippen MR) is 135 cm³/mol. The van der Waals surface area contributed by atoms with Crippen LogP contribution in [0.1, 0.15) is 71.0 Å². The number of benzene rings is 1. The molecule has 2 aliphatic rings. The number of likely N-dealkylation sites (tertiary alicyclic amines) is 1. The maximum atomic E-state index is 14.8. The first-order valence-electron chi connectivity index (χ1n) is 12.9. The van der Waals surface area contributed by atoms with Gasteiger partial charge in [-0.25, -0.2) is 13.8 Å². The van der Waals surface area contributed by atoms with Gasteiger partial charge in [-0.2, -0.15) is 9.67 Å². The second-order valence-electron chi connectivity index (χ2n) is 10.5. The molecule has 0 radical (unpaired) electrons. The van der Waals surface area contributed by atoms with E-state index < -0.39 is 11.6 Å². The summed E-state index contributed by atoms with van der Waals surface area (Å²) in [5.74, 6) is -0.672. The van der Waals surface area contributed by atoms with E-state index in [2.05, 4.69) is 61.8 Å². The average molecular weight is 514 g/mol. The van der Waals surface area contributed by atoms with Gasteiger partial charge in [-0.05, 0) is 69.0 Å². The molecule has 198 valence electrons. The van der Waals surface area contributed by atoms with Gasteiger partial charge in [0.2, 0.25) is 5.95 Å². The van der Waals surface area contributed by atoms with Gasteiger partial charge in [0.25, 0.3) is 0 Å². The number of halogens is 2. The van der Waals surface area contributed by atoms with Crippen molar-refractivity contribution in [3.8, 4) is 11.4 Å². The largest absolute Gasteiger partial charge is 0.506 e. The third-order valence-electron chi connectivity index (χ3n) is 7.19. The fraction of sp³-hybridized carbons (Fsp3) is 0.560. The van der Waals surface area contributed by atoms with Crippen molar-refractivity contribution in [2.45, 2.75) is 76.8 Å². The summed E-state index contributed by atoms with van der Waals surface area (Å²) in [6.07, 6.45) is 6.99. The Morgan fingerprint density at radius 1 is 1.16 bits per heavy atom. The molecule has 3 aromatic rings. The Hall–Kier alpha value is -3.41. The Labute approximate surface area is 214 Å². The Morgan fingerprint density at radius 2 is 1.97 bits per heavy atom. The normalized spacial score (nSPS) is 19.6. The average Bonchev–Trinajstić information content (AvgIpc) is 3.58. The summed E-state index contributed by atoms with van der Waals surface area (Å²) in [4.78, 5) is 10.8. The molecule has 0 bridgehead atoms. The van der Waals surface area contributed by atoms with Gasteiger partial charge in [-0.1, -0.05) is 13.3 Å². The smallest absolute Gasteiger partial charge is 0.229 e. The highest BCUT2D eigenvalue weighted by atomic mass is 19.1. The van der Waals surface area contributed by atoms with Gasteiger partial charge in [0.1, 0.15) is 11.4 Å². The molecule has 12 heteroatoms. The van der Waals surface area contributed by atoms with E-state index in [9.17, 15) is 13.9 Å². The Bertz CT molecular complexity index is 1260. The molecule has 2 aromatic heterocycles. The van der Waals surface area contributed by atoms with Gasteiger partial charge in [0, 0.05) is 30.1 Å². The van der Waals surface area contributed by atoms with Crippen LogP contribution in [0.3, 0.4) is 0 Å². The molecule has 1 saturated carbocycles. The number of unbranched alkanes of at least 4 members (excludes halogenated alkanes) is 1. The topological polar surface area (TPSA) is 117 Å². The number of hydrogen-bond donors (Lipinski definition) is 3. The molecule has 2 fully saturated rings. The summed E-state index contributed by atoms with van der Waals surface area (Å²) in [5.41, 5.74) is 0.220. The highest BCUT2D eigenvalue weighted by Gasteiger charge is 2.35. The number of hydrogen-bond acceptors (Lipinski definition) is 9. The SMILES string of the molecule is CCCCN1CCC(Nc2nc(Nc3cc(-n4nnnc4C4CC4)c(O)cc3F)ncc2F)CC1(C)C. The zero-order valence-corrected chi connectivity index (χ0v) is 21.4. The van der Waals surface area contributed by atoms with Gasteiger partial charge in [0.15, 0.2) is 23.3 Å². The lowest BCUT2D eigenvalue weighted by molar-refractivity contribution is 0.0692. The number of aromatic hydroxyl groups is 1. The fourth-order valence-electron chi connectivity index (χ4n) is 4.96. The van der Waals surface area contributed by atoms with Crippen LogP contribution < -0.4 is 10.6 Å². The van der Waals surface area contributed by atoms with Crippen LogP contribution in [-0.2, 0) is 0 Å². The van der Waals surface area contributed by atoms with E-state index in [4.69, 9.17) is 0 Å². The zero-order chi connectivity index (χ0) is 26.2. The number of nitrogens with zero attached hydrogens (tertiary/aromatic N) is 7. The number of rotatable bonds is 9. The molecule has 1 aromatic carbocycles. The third kappa shape index (κ3) is 5.48. The number of anilines is 3. The van der Waals surface area contributed by atoms with E-state index in [1.165, 1.54) is 10.7 Å². The van der Waals surface area contributed by atoms with E-state index in [0.717, 1.165) is 63.9 Å². The van der Waals surface area contributed by atoms with Gasteiger partial charge < -0.3 is 15.7 Å². The van der Waals surface area contributed by atoms with Crippen LogP contribution in [0.25, 0.3) is 5.69 Å². The van der Waals surface area contributed by atoms with Crippen molar-refractivity contribution in [1.82, 2.24) is 35.1 Å². The van der Waals surface area contributed by atoms with Gasteiger partial charge in [0.05, 0.1) is 11.9 Å². The molecule has 37 heavy (non-hydrogen) atoms. The maximum Gasteiger partial charge on any atom is 0.229 e. The van der Waals surface area contributed by atoms with Crippen molar-refractivity contribution < 1.29 is 13.9 Å². The molecule has 1 aliphatic carbocycles. The number of tetrazole rings is 1. The van der Waals surface area contributed by atoms with Crippen molar-refractivity contribution >= 4 is 17.5 Å². The molecule has 3 N–H and O–H groups in total. The maximum absolute atomic E-state index is 14.8. The monoisotopic (exact) mass is 513 g/mol. The third-order valence-corrected chi connectivity index (χ3v) is 7.19. The van der Waals surface area contributed by atoms with Crippen LogP contribution in [-0.4, -0.2) is 64.9 Å². The first kappa shape index (κ1) is 25.2. The predicted octanol–water partition coefficient (Wildman–Crippen LogP) is 4.51. The summed E-state index contributed by atoms with van der Waals surface area (Å²) in [5, 5.41) is 28.1. The van der Waals surface area contributed by atoms with Gasteiger partial charge in [-0.3, -0.25) is 4.90 Å². The number of phenols is 1. The van der Waals surface area contributed by atoms with Crippen LogP contribution in [0.15, 0.2) is 18.3 Å². The quantitative estimate of drug-likeness (QED) is 0.355. The van der Waals surface area contributed by atoms with E-state index in [-0.39, 0.29) is 46.4 Å². The van der Waals surface area contributed by atoms with Crippen molar-refractivity contribution in [1.29, 1.82) is 0 Å². The van der Waals surface area contributed by atoms with E-state index in [1.54, 1.807) is 0 Å². The second kappa shape index (κ2) is 10.2. The lowest BCUT2D eigenvalue weighted by atomic mass is 9.86. The Kier molecular flexibility index (Phi) is 6.93. The van der Waals surface area contributed by atoms with Crippen LogP contribution in [0, 0.1) is 11.6 Å². The van der Waals surface area contributed by atoms with E-state index in [0.29, 0.717) is 5.82 Å². The highest BCUT2D eigenvalue weighted by molar-refractivity contribution is 5.63. The second-order valence-corrected chi connectivity index (χ2v) is 10.5. The van der Waals surface area contributed by atoms with Crippen molar-refractivity contribution in [3.63, 3.8) is 0 Å². The Balaban J connectivity index is 1.33. The first-order chi connectivity index (χ1) is 17.7. The molecule has 0 spiro atoms. The van der Waals surface area contributed by atoms with Gasteiger partial charge in [-0.15, -0.1) is 5.10 Å². The summed E-state index contributed by atoms with van der Waals surface area (Å²) < 4.78 is 30.8. The molecular formula is C25H33F2N9O. The van der Waals surface area contributed by atoms with Crippen LogP contribution in [0.5, 0.6) is 5.75 Å². The van der Waals surface area contributed by atoms with Gasteiger partial charge >= 0.3 is 0 Å². The van der Waals surface area contributed by atoms with Crippen LogP contribution >= 0.6 is 0 Å². The van der Waals surface area contributed by atoms with Crippen molar-refractivity contribution in [2.24, 2.45) is 0 Å². The van der Waals surface area contributed by atoms with Crippen LogP contribution in [0.2, 0.25) is 0 Å². The Morgan fingerprint density at radius 3 is 2.70 bits per heavy atom. The molecule has 1 saturated heterocycles. The van der Waals surface area contributed by atoms with Crippen molar-refractivity contribution in [2.75, 3.05) is 23.7 Å². The minimum Gasteiger partial charge on any atom is -0.506 e. The zero-order valence-electron chi connectivity index (χ0n) is 21.4. The molecule has 10 nitrogen and oxygen atoms in total. The molecule has 1 unspecified atom stereocenters. The molecule has 1 aliphatic heterocycles. The number of aromatic nitrogens is 6. The summed E-state index contributed by atoms with van der Waals surface area (Å²) >= 11 is 0. The van der Waals surface area contributed by atoms with Crippen LogP contribution in [0.4, 0.5) is 26.2 Å². The molecule has 0 amide bonds. The lowest BCUT2D eigenvalue weighted by Gasteiger charge is -2.46.